The van der Waals surface area contributed by atoms with Crippen LogP contribution in [0.3, 0.4) is 0 Å². The number of likely N-dealkylation sites (N-methyl/N-ethyl adjacent to an activating group) is 2. The molecular formula is C85H135N5O25. The number of ether oxygens (including phenoxy) is 15. The molecule has 30 heteroatoms. The topological polar surface area (TPSA) is 363 Å². The summed E-state index contributed by atoms with van der Waals surface area (Å²) in [5, 5.41) is 21.1. The van der Waals surface area contributed by atoms with Gasteiger partial charge in [0.1, 0.15) is 12.6 Å². The van der Waals surface area contributed by atoms with E-state index in [4.69, 9.17) is 81.9 Å². The summed E-state index contributed by atoms with van der Waals surface area (Å²) in [4.78, 5) is 110. The van der Waals surface area contributed by atoms with E-state index in [1.807, 2.05) is 70.2 Å². The fraction of sp³-hybridized carbons (Fsp3) is 0.694. The van der Waals surface area contributed by atoms with E-state index in [1.54, 1.807) is 56.8 Å². The zero-order valence-corrected chi connectivity index (χ0v) is 70.1. The van der Waals surface area contributed by atoms with E-state index < -0.39 is 65.6 Å². The van der Waals surface area contributed by atoms with Crippen LogP contribution in [0, 0.1) is 23.7 Å². The number of esters is 1. The average molecular weight is 1630 g/mol. The van der Waals surface area contributed by atoms with Crippen LogP contribution >= 0.6 is 0 Å². The Hall–Kier alpha value is -6.98. The molecule has 1 saturated heterocycles. The van der Waals surface area contributed by atoms with Crippen LogP contribution in [-0.4, -0.2) is 315 Å². The van der Waals surface area contributed by atoms with Gasteiger partial charge in [-0.1, -0.05) is 120 Å². The summed E-state index contributed by atoms with van der Waals surface area (Å²) in [6.07, 6.45) is 1.37. The van der Waals surface area contributed by atoms with Crippen molar-refractivity contribution in [3.63, 3.8) is 0 Å². The van der Waals surface area contributed by atoms with Gasteiger partial charge in [-0.3, -0.25) is 33.6 Å². The number of ketones is 1. The van der Waals surface area contributed by atoms with Crippen molar-refractivity contribution in [2.24, 2.45) is 29.4 Å². The first-order chi connectivity index (χ1) is 55.4. The molecule has 5 N–H and O–H groups in total. The summed E-state index contributed by atoms with van der Waals surface area (Å²) in [6, 6.07) is 23.5. The van der Waals surface area contributed by atoms with Gasteiger partial charge >= 0.3 is 17.9 Å². The van der Waals surface area contributed by atoms with Crippen LogP contribution in [-0.2, 0) is 116 Å². The highest BCUT2D eigenvalue weighted by Crippen LogP contribution is 2.44. The molecule has 3 aromatic rings. The van der Waals surface area contributed by atoms with Gasteiger partial charge in [0.15, 0.2) is 5.78 Å². The summed E-state index contributed by atoms with van der Waals surface area (Å²) < 4.78 is 82.7. The number of methoxy groups -OCH3 is 2. The lowest BCUT2D eigenvalue weighted by Gasteiger charge is -2.41. The maximum Gasteiger partial charge on any atom is 0.326 e. The van der Waals surface area contributed by atoms with Crippen LogP contribution in [0.25, 0.3) is 11.1 Å². The second-order valence-corrected chi connectivity index (χ2v) is 29.2. The lowest BCUT2D eigenvalue weighted by Crippen LogP contribution is -2.55. The molecule has 3 aromatic carbocycles. The quantitative estimate of drug-likeness (QED) is 0.0317. The summed E-state index contributed by atoms with van der Waals surface area (Å²) in [5.41, 5.74) is 9.76. The predicted molar refractivity (Wildman–Crippen MR) is 430 cm³/mol. The number of Topliss-reactive ketones (excluding diaryl/α,β-unsaturated/α-hetero) is 1. The zero-order valence-electron chi connectivity index (χ0n) is 70.1. The maximum absolute atomic E-state index is 14.6. The zero-order chi connectivity index (χ0) is 84.2. The molecule has 0 radical (unpaired) electrons. The molecule has 4 amide bonds. The van der Waals surface area contributed by atoms with Crippen molar-refractivity contribution in [1.29, 1.82) is 0 Å². The molecule has 1 fully saturated rings. The van der Waals surface area contributed by atoms with E-state index >= 15 is 0 Å². The number of hydrogen-bond acceptors (Lipinski definition) is 24. The maximum atomic E-state index is 14.6. The van der Waals surface area contributed by atoms with E-state index in [0.29, 0.717) is 191 Å². The molecule has 650 valence electrons. The lowest BCUT2D eigenvalue weighted by molar-refractivity contribution is -0.151. The third kappa shape index (κ3) is 37.7. The smallest absolute Gasteiger partial charge is 0.326 e. The standard InChI is InChI=1S/C54H93N5O15.C31H42O10/c1-12-39(4)49(45(67-10)37-48(62)59-22-16-19-44(59)50(68-11)40(5)51(63)56-43(53(65)66)35-41-17-14-13-15-18-41)57(8)52(64)42(38(2)3)36-46(60)54(6,7)58(9)47(61)20-23-69-25-27-71-29-31-73-33-34-74-32-30-72-28-26-70-24-21-55;32-30(33)11-13-36-15-17-38-19-21-40-23-22-39-20-18-37-16-14-35-12-5-10-31(34)41-24-29-27-8-3-1-6-25(27)26-7-2-4-9-28(26)29/h13-15,17-18,38-40,42-45,49-50H,12,16,19-37,55H2,1-11H3,(H,56,63)(H,65,66);1-4,6-9,29H,5,10-24H2,(H,32,33)/t39-,40+,42-,43-,44-,45+,49-,50+;/m0./s1. The van der Waals surface area contributed by atoms with Crippen LogP contribution in [0.4, 0.5) is 0 Å². The molecule has 1 heterocycles. The number of likely N-dealkylation sites (tertiary alicyclic amines) is 1. The second-order valence-electron chi connectivity index (χ2n) is 29.2. The van der Waals surface area contributed by atoms with Gasteiger partial charge in [0.25, 0.3) is 0 Å². The number of hydrogen-bond donors (Lipinski definition) is 4. The molecule has 8 atom stereocenters. The van der Waals surface area contributed by atoms with Gasteiger partial charge in [0, 0.05) is 79.1 Å². The molecule has 0 spiro atoms. The van der Waals surface area contributed by atoms with Gasteiger partial charge in [0.2, 0.25) is 23.6 Å². The van der Waals surface area contributed by atoms with E-state index in [0.717, 1.165) is 5.56 Å². The van der Waals surface area contributed by atoms with Crippen molar-refractivity contribution in [2.45, 2.75) is 154 Å². The SMILES string of the molecule is CC[C@H](C)[C@@H]([C@@H](CC(=O)N1CCC[C@H]1[C@H](OC)[C@@H](C)C(=O)N[C@@H](Cc1ccccc1)C(=O)O)OC)N(C)C(=O)[C@@H](CC(=O)C(C)(C)N(C)C(=O)CCOCCOCCOCCOCCOCCOCCN)C(C)C.O=C(O)CCOCCOCCOCCOCCOCCOCCCC(=O)OCC1c2ccccc2-c2ccccc21. The minimum absolute atomic E-state index is 0.00452. The Morgan fingerprint density at radius 2 is 1.03 bits per heavy atom. The third-order valence-corrected chi connectivity index (χ3v) is 20.5. The van der Waals surface area contributed by atoms with Gasteiger partial charge < -0.3 is 107 Å². The number of nitrogens with two attached hydrogens (primary N) is 1. The Kier molecular flexibility index (Phi) is 51.3. The normalized spacial score (nSPS) is 15.2. The third-order valence-electron chi connectivity index (χ3n) is 20.5. The number of carbonyl (C=O) groups excluding carboxylic acids is 6. The van der Waals surface area contributed by atoms with Crippen molar-refractivity contribution in [2.75, 3.05) is 207 Å². The van der Waals surface area contributed by atoms with E-state index in [1.165, 1.54) is 41.4 Å². The second kappa shape index (κ2) is 58.8. The number of carbonyl (C=O) groups is 8. The van der Waals surface area contributed by atoms with Crippen LogP contribution in [0.15, 0.2) is 78.9 Å². The Bertz CT molecular complexity index is 3180. The fourth-order valence-corrected chi connectivity index (χ4v) is 13.5. The summed E-state index contributed by atoms with van der Waals surface area (Å²) in [7, 11) is 6.28. The van der Waals surface area contributed by atoms with Crippen molar-refractivity contribution in [3.8, 4) is 11.1 Å². The van der Waals surface area contributed by atoms with Gasteiger partial charge in [-0.25, -0.2) is 4.79 Å². The van der Waals surface area contributed by atoms with E-state index in [2.05, 4.69) is 29.6 Å². The molecule has 0 aromatic heterocycles. The number of benzene rings is 3. The number of amides is 4. The van der Waals surface area contributed by atoms with Crippen LogP contribution in [0.2, 0.25) is 0 Å². The first-order valence-electron chi connectivity index (χ1n) is 40.6. The molecule has 115 heavy (non-hydrogen) atoms. The van der Waals surface area contributed by atoms with E-state index in [-0.39, 0.29) is 99.2 Å². The van der Waals surface area contributed by atoms with E-state index in [9.17, 15) is 43.5 Å². The first-order valence-corrected chi connectivity index (χ1v) is 40.6. The van der Waals surface area contributed by atoms with Gasteiger partial charge in [-0.15, -0.1) is 0 Å². The summed E-state index contributed by atoms with van der Waals surface area (Å²) in [5.74, 6) is -5.57. The first kappa shape index (κ1) is 100. The minimum atomic E-state index is -1.23. The number of carboxylic acids is 2. The molecule has 1 aliphatic heterocycles. The molecule has 0 saturated carbocycles. The number of aliphatic carboxylic acids is 2. The largest absolute Gasteiger partial charge is 0.481 e. The van der Waals surface area contributed by atoms with Gasteiger partial charge in [-0.05, 0) is 72.8 Å². The highest BCUT2D eigenvalue weighted by atomic mass is 16.6. The molecule has 5 rings (SSSR count). The van der Waals surface area contributed by atoms with Crippen LogP contribution in [0.1, 0.15) is 129 Å². The molecule has 2 aliphatic rings. The van der Waals surface area contributed by atoms with Crippen LogP contribution < -0.4 is 11.1 Å². The highest BCUT2D eigenvalue weighted by Gasteiger charge is 2.45. The molecule has 30 nitrogen and oxygen atoms in total. The molecule has 0 unspecified atom stereocenters. The minimum Gasteiger partial charge on any atom is -0.481 e. The van der Waals surface area contributed by atoms with Crippen molar-refractivity contribution < 1.29 is 120 Å². The fourth-order valence-electron chi connectivity index (χ4n) is 13.5. The van der Waals surface area contributed by atoms with Gasteiger partial charge in [0.05, 0.1) is 207 Å². The molecule has 0 bridgehead atoms. The number of carboxylic acid groups (broad SMARTS) is 2. The van der Waals surface area contributed by atoms with Gasteiger partial charge in [-0.2, -0.15) is 0 Å². The monoisotopic (exact) mass is 1630 g/mol. The molecule has 1 aliphatic carbocycles. The van der Waals surface area contributed by atoms with Crippen LogP contribution in [0.5, 0.6) is 0 Å². The number of nitrogens with zero attached hydrogens (tertiary/aromatic N) is 3. The summed E-state index contributed by atoms with van der Waals surface area (Å²) >= 11 is 0. The number of rotatable bonds is 65. The summed E-state index contributed by atoms with van der Waals surface area (Å²) in [6.45, 7) is 24.0. The molecular weight excluding hydrogens is 1490 g/mol. The lowest BCUT2D eigenvalue weighted by atomic mass is 9.82. The Morgan fingerprint density at radius 1 is 0.574 bits per heavy atom. The Morgan fingerprint density at radius 3 is 1.47 bits per heavy atom. The number of nitrogens with one attached hydrogen (secondary N) is 1. The predicted octanol–water partition coefficient (Wildman–Crippen LogP) is 7.33. The highest BCUT2D eigenvalue weighted by molar-refractivity contribution is 5.95. The Balaban J connectivity index is 0.000000569. The van der Waals surface area contributed by atoms with Crippen molar-refractivity contribution in [3.05, 3.63) is 95.6 Å². The van der Waals surface area contributed by atoms with Crippen molar-refractivity contribution in [1.82, 2.24) is 20.0 Å². The average Bonchev–Trinajstić information content (AvgIpc) is 1.61. The number of fused-ring (bicyclic) bond motifs is 3. The van der Waals surface area contributed by atoms with Crippen molar-refractivity contribution >= 4 is 47.3 Å². The Labute approximate surface area is 681 Å².